The molecule has 0 aromatic heterocycles. The molecule has 156 valence electrons. The van der Waals surface area contributed by atoms with Crippen molar-refractivity contribution >= 4 is 17.7 Å². The maximum absolute atomic E-state index is 13.0. The average Bonchev–Trinajstić information content (AvgIpc) is 2.68. The van der Waals surface area contributed by atoms with E-state index in [1.165, 1.54) is 25.3 Å². The molecule has 0 aliphatic rings. The second-order valence-corrected chi connectivity index (χ2v) is 5.84. The highest BCUT2D eigenvalue weighted by atomic mass is 19.4. The summed E-state index contributed by atoms with van der Waals surface area (Å²) in [7, 11) is 1.48. The van der Waals surface area contributed by atoms with E-state index in [9.17, 15) is 18.0 Å². The van der Waals surface area contributed by atoms with Gasteiger partial charge in [-0.3, -0.25) is 4.79 Å². The minimum Gasteiger partial charge on any atom is -0.493 e. The van der Waals surface area contributed by atoms with Gasteiger partial charge in [-0.25, -0.2) is 0 Å². The lowest BCUT2D eigenvalue weighted by Crippen LogP contribution is -2.13. The first-order valence-corrected chi connectivity index (χ1v) is 8.89. The lowest BCUT2D eigenvalue weighted by Gasteiger charge is -2.14. The summed E-state index contributed by atoms with van der Waals surface area (Å²) in [5.74, 6) is 0.112. The summed E-state index contributed by atoms with van der Waals surface area (Å²) < 4.78 is 54.8. The molecular formula is C21H22F3NO4. The van der Waals surface area contributed by atoms with Crippen LogP contribution in [0.3, 0.4) is 0 Å². The van der Waals surface area contributed by atoms with Crippen LogP contribution in [0.1, 0.15) is 18.1 Å². The number of halogens is 3. The largest absolute Gasteiger partial charge is 0.493 e. The van der Waals surface area contributed by atoms with Crippen molar-refractivity contribution in [3.63, 3.8) is 0 Å². The van der Waals surface area contributed by atoms with Crippen molar-refractivity contribution in [3.05, 3.63) is 59.7 Å². The maximum atomic E-state index is 13.0. The predicted octanol–water partition coefficient (Wildman–Crippen LogP) is 4.78. The summed E-state index contributed by atoms with van der Waals surface area (Å²) in [4.78, 5) is 12.3. The van der Waals surface area contributed by atoms with E-state index in [1.54, 1.807) is 24.3 Å². The zero-order valence-electron chi connectivity index (χ0n) is 16.1. The Morgan fingerprint density at radius 2 is 1.83 bits per heavy atom. The molecule has 0 fully saturated rings. The molecule has 0 saturated carbocycles. The van der Waals surface area contributed by atoms with E-state index >= 15 is 0 Å². The normalized spacial score (nSPS) is 11.5. The minimum absolute atomic E-state index is 0.0799. The zero-order valence-corrected chi connectivity index (χ0v) is 16.1. The van der Waals surface area contributed by atoms with Crippen molar-refractivity contribution in [1.29, 1.82) is 0 Å². The number of para-hydroxylation sites is 1. The van der Waals surface area contributed by atoms with Gasteiger partial charge in [-0.05, 0) is 37.3 Å². The summed E-state index contributed by atoms with van der Waals surface area (Å²) in [6.45, 7) is 2.68. The number of rotatable bonds is 9. The first-order chi connectivity index (χ1) is 13.8. The quantitative estimate of drug-likeness (QED) is 0.478. The molecule has 5 nitrogen and oxygen atoms in total. The molecule has 0 unspecified atom stereocenters. The van der Waals surface area contributed by atoms with E-state index in [0.717, 1.165) is 12.1 Å². The fourth-order valence-electron chi connectivity index (χ4n) is 2.41. The van der Waals surface area contributed by atoms with Crippen molar-refractivity contribution in [2.75, 3.05) is 32.2 Å². The smallest absolute Gasteiger partial charge is 0.416 e. The molecule has 8 heteroatoms. The van der Waals surface area contributed by atoms with Gasteiger partial charge in [0.05, 0.1) is 24.5 Å². The number of hydrogen-bond donors (Lipinski definition) is 1. The van der Waals surface area contributed by atoms with Crippen molar-refractivity contribution in [2.24, 2.45) is 0 Å². The Morgan fingerprint density at radius 3 is 2.52 bits per heavy atom. The van der Waals surface area contributed by atoms with Gasteiger partial charge in [0.2, 0.25) is 5.91 Å². The number of carbonyl (C=O) groups is 1. The van der Waals surface area contributed by atoms with E-state index in [4.69, 9.17) is 14.2 Å². The lowest BCUT2D eigenvalue weighted by molar-refractivity contribution is -0.137. The van der Waals surface area contributed by atoms with Gasteiger partial charge >= 0.3 is 6.18 Å². The average molecular weight is 409 g/mol. The Kier molecular flexibility index (Phi) is 8.09. The molecule has 0 heterocycles. The van der Waals surface area contributed by atoms with Crippen molar-refractivity contribution < 1.29 is 32.2 Å². The molecule has 2 rings (SSSR count). The molecule has 2 aromatic carbocycles. The molecule has 0 aliphatic heterocycles. The summed E-state index contributed by atoms with van der Waals surface area (Å²) in [5.41, 5.74) is -0.300. The molecular weight excluding hydrogens is 387 g/mol. The molecule has 0 spiro atoms. The van der Waals surface area contributed by atoms with Crippen molar-refractivity contribution in [2.45, 2.75) is 13.1 Å². The maximum Gasteiger partial charge on any atom is 0.416 e. The highest BCUT2D eigenvalue weighted by Crippen LogP contribution is 2.35. The van der Waals surface area contributed by atoms with Gasteiger partial charge in [0.1, 0.15) is 18.1 Å². The Morgan fingerprint density at radius 1 is 1.07 bits per heavy atom. The highest BCUT2D eigenvalue weighted by Gasteiger charge is 2.31. The van der Waals surface area contributed by atoms with Gasteiger partial charge in [0.15, 0.2) is 0 Å². The Bertz CT molecular complexity index is 850. The standard InChI is InChI=1S/C21H22F3NO4/c1-3-28-18-7-5-4-6-15(18)8-11-20(26)25-17-14-16(21(22,23)24)9-10-19(17)29-13-12-27-2/h4-11,14H,3,12-13H2,1-2H3,(H,25,26)/b11-8+. The first kappa shape index (κ1) is 22.3. The van der Waals surface area contributed by atoms with Crippen LogP contribution >= 0.6 is 0 Å². The predicted molar refractivity (Wildman–Crippen MR) is 104 cm³/mol. The van der Waals surface area contributed by atoms with Crippen LogP contribution in [-0.4, -0.2) is 32.8 Å². The number of methoxy groups -OCH3 is 1. The summed E-state index contributed by atoms with van der Waals surface area (Å²) >= 11 is 0. The number of alkyl halides is 3. The molecule has 1 amide bonds. The molecule has 0 radical (unpaired) electrons. The van der Waals surface area contributed by atoms with E-state index in [-0.39, 0.29) is 24.7 Å². The van der Waals surface area contributed by atoms with E-state index in [1.807, 2.05) is 6.92 Å². The number of hydrogen-bond acceptors (Lipinski definition) is 4. The van der Waals surface area contributed by atoms with Crippen LogP contribution in [0.2, 0.25) is 0 Å². The van der Waals surface area contributed by atoms with Gasteiger partial charge in [0.25, 0.3) is 0 Å². The monoisotopic (exact) mass is 409 g/mol. The van der Waals surface area contributed by atoms with Gasteiger partial charge < -0.3 is 19.5 Å². The summed E-state index contributed by atoms with van der Waals surface area (Å²) in [6.07, 6.45) is -1.80. The zero-order chi connectivity index (χ0) is 21.3. The molecule has 2 aromatic rings. The molecule has 0 aliphatic carbocycles. The molecule has 29 heavy (non-hydrogen) atoms. The number of amides is 1. The van der Waals surface area contributed by atoms with Crippen LogP contribution in [0, 0.1) is 0 Å². The van der Waals surface area contributed by atoms with E-state index < -0.39 is 17.6 Å². The Labute approximate surface area is 167 Å². The van der Waals surface area contributed by atoms with Gasteiger partial charge in [0, 0.05) is 18.7 Å². The van der Waals surface area contributed by atoms with Gasteiger partial charge in [-0.15, -0.1) is 0 Å². The Hall–Kier alpha value is -3.00. The fraction of sp³-hybridized carbons (Fsp3) is 0.286. The van der Waals surface area contributed by atoms with Crippen LogP contribution in [0.4, 0.5) is 18.9 Å². The van der Waals surface area contributed by atoms with Gasteiger partial charge in [-0.1, -0.05) is 18.2 Å². The second-order valence-electron chi connectivity index (χ2n) is 5.84. The number of benzene rings is 2. The molecule has 1 N–H and O–H groups in total. The summed E-state index contributed by atoms with van der Waals surface area (Å²) in [5, 5.41) is 2.44. The fourth-order valence-corrected chi connectivity index (χ4v) is 2.41. The highest BCUT2D eigenvalue weighted by molar-refractivity contribution is 6.03. The third kappa shape index (κ3) is 6.83. The third-order valence-electron chi connectivity index (χ3n) is 3.74. The minimum atomic E-state index is -4.54. The summed E-state index contributed by atoms with van der Waals surface area (Å²) in [6, 6.07) is 10.0. The third-order valence-corrected chi connectivity index (χ3v) is 3.74. The van der Waals surface area contributed by atoms with Crippen LogP contribution in [0.25, 0.3) is 6.08 Å². The SMILES string of the molecule is CCOc1ccccc1/C=C/C(=O)Nc1cc(C(F)(F)F)ccc1OCCOC. The van der Waals surface area contributed by atoms with Crippen LogP contribution in [-0.2, 0) is 15.7 Å². The van der Waals surface area contributed by atoms with Crippen molar-refractivity contribution in [3.8, 4) is 11.5 Å². The number of ether oxygens (including phenoxy) is 3. The van der Waals surface area contributed by atoms with Crippen LogP contribution in [0.5, 0.6) is 11.5 Å². The Balaban J connectivity index is 2.20. The van der Waals surface area contributed by atoms with Crippen molar-refractivity contribution in [1.82, 2.24) is 0 Å². The van der Waals surface area contributed by atoms with Crippen LogP contribution < -0.4 is 14.8 Å². The number of carbonyl (C=O) groups excluding carboxylic acids is 1. The topological polar surface area (TPSA) is 56.8 Å². The molecule has 0 atom stereocenters. The van der Waals surface area contributed by atoms with Gasteiger partial charge in [-0.2, -0.15) is 13.2 Å². The van der Waals surface area contributed by atoms with E-state index in [0.29, 0.717) is 17.9 Å². The second kappa shape index (κ2) is 10.5. The lowest BCUT2D eigenvalue weighted by atomic mass is 10.1. The van der Waals surface area contributed by atoms with E-state index in [2.05, 4.69) is 5.32 Å². The number of anilines is 1. The molecule has 0 bridgehead atoms. The molecule has 0 saturated heterocycles. The van der Waals surface area contributed by atoms with Crippen LogP contribution in [0.15, 0.2) is 48.5 Å². The first-order valence-electron chi connectivity index (χ1n) is 8.89. The number of nitrogens with one attached hydrogen (secondary N) is 1.